The molecule has 39 heavy (non-hydrogen) atoms. The van der Waals surface area contributed by atoms with Gasteiger partial charge in [0.15, 0.2) is 11.4 Å². The van der Waals surface area contributed by atoms with Crippen LogP contribution in [-0.2, 0) is 23.8 Å². The average molecular weight is 545 g/mol. The molecule has 3 N–H and O–H groups in total. The van der Waals surface area contributed by atoms with Crippen molar-refractivity contribution in [3.8, 4) is 0 Å². The van der Waals surface area contributed by atoms with Crippen molar-refractivity contribution >= 4 is 17.7 Å². The van der Waals surface area contributed by atoms with E-state index in [9.17, 15) is 29.7 Å². The van der Waals surface area contributed by atoms with Gasteiger partial charge in [-0.25, -0.2) is 4.79 Å². The summed E-state index contributed by atoms with van der Waals surface area (Å²) in [7, 11) is 0. The molecule has 1 aromatic rings. The van der Waals surface area contributed by atoms with E-state index in [1.807, 2.05) is 6.92 Å². The Morgan fingerprint density at radius 1 is 1.15 bits per heavy atom. The van der Waals surface area contributed by atoms with Crippen LogP contribution in [0.4, 0.5) is 0 Å². The Morgan fingerprint density at radius 3 is 2.28 bits per heavy atom. The molecule has 4 rings (SSSR count). The maximum absolute atomic E-state index is 14.4. The molecule has 2 bridgehead atoms. The number of ketones is 1. The number of aliphatic hydroxyl groups is 3. The van der Waals surface area contributed by atoms with Crippen LogP contribution in [-0.4, -0.2) is 75.8 Å². The Kier molecular flexibility index (Phi) is 7.62. The second kappa shape index (κ2) is 10.1. The fourth-order valence-electron chi connectivity index (χ4n) is 7.27. The second-order valence-corrected chi connectivity index (χ2v) is 12.0. The summed E-state index contributed by atoms with van der Waals surface area (Å²) in [6, 6.07) is 8.27. The van der Waals surface area contributed by atoms with Crippen molar-refractivity contribution in [2.24, 2.45) is 16.7 Å². The van der Waals surface area contributed by atoms with Crippen LogP contribution in [0.15, 0.2) is 41.5 Å². The molecule has 0 spiro atoms. The van der Waals surface area contributed by atoms with Crippen molar-refractivity contribution in [3.63, 3.8) is 0 Å². The van der Waals surface area contributed by atoms with Gasteiger partial charge in [-0.2, -0.15) is 0 Å². The van der Waals surface area contributed by atoms with Crippen LogP contribution in [0.2, 0.25) is 0 Å². The molecule has 214 valence electrons. The van der Waals surface area contributed by atoms with Crippen molar-refractivity contribution in [2.45, 2.75) is 90.3 Å². The topological polar surface area (TPSA) is 140 Å². The van der Waals surface area contributed by atoms with Crippen molar-refractivity contribution in [1.82, 2.24) is 0 Å². The molecule has 1 aromatic carbocycles. The summed E-state index contributed by atoms with van der Waals surface area (Å²) >= 11 is 0. The molecule has 0 amide bonds. The number of allylic oxidation sites excluding steroid dienone is 1. The van der Waals surface area contributed by atoms with Crippen molar-refractivity contribution in [2.75, 3.05) is 13.2 Å². The quantitative estimate of drug-likeness (QED) is 0.364. The maximum Gasteiger partial charge on any atom is 0.338 e. The van der Waals surface area contributed by atoms with Crippen molar-refractivity contribution in [3.05, 3.63) is 47.0 Å². The lowest BCUT2D eigenvalue weighted by Crippen LogP contribution is -2.76. The van der Waals surface area contributed by atoms with Gasteiger partial charge < -0.3 is 29.5 Å². The van der Waals surface area contributed by atoms with E-state index in [-0.39, 0.29) is 31.6 Å². The third-order valence-electron chi connectivity index (χ3n) is 9.50. The number of hydrogen-bond acceptors (Lipinski definition) is 9. The number of ether oxygens (including phenoxy) is 3. The molecule has 9 heteroatoms. The zero-order valence-corrected chi connectivity index (χ0v) is 23.5. The van der Waals surface area contributed by atoms with Crippen LogP contribution >= 0.6 is 0 Å². The first-order valence-electron chi connectivity index (χ1n) is 13.5. The van der Waals surface area contributed by atoms with Gasteiger partial charge in [-0.15, -0.1) is 0 Å². The third kappa shape index (κ3) is 4.34. The number of esters is 2. The molecule has 0 radical (unpaired) electrons. The van der Waals surface area contributed by atoms with E-state index in [0.717, 1.165) is 5.57 Å². The fraction of sp³-hybridized carbons (Fsp3) is 0.633. The van der Waals surface area contributed by atoms with Crippen LogP contribution in [0.25, 0.3) is 0 Å². The molecule has 1 saturated heterocycles. The molecule has 9 nitrogen and oxygen atoms in total. The molecule has 2 fully saturated rings. The number of aliphatic hydroxyl groups excluding tert-OH is 2. The average Bonchev–Trinajstić information content (AvgIpc) is 2.87. The van der Waals surface area contributed by atoms with Crippen molar-refractivity contribution < 1.29 is 43.9 Å². The monoisotopic (exact) mass is 544 g/mol. The molecule has 1 aliphatic heterocycles. The number of fused-ring (bicyclic) bond motifs is 2. The Morgan fingerprint density at radius 2 is 1.77 bits per heavy atom. The van der Waals surface area contributed by atoms with Crippen LogP contribution in [0, 0.1) is 16.7 Å². The first-order chi connectivity index (χ1) is 18.2. The van der Waals surface area contributed by atoms with Crippen LogP contribution in [0.5, 0.6) is 0 Å². The summed E-state index contributed by atoms with van der Waals surface area (Å²) < 4.78 is 17.6. The number of benzene rings is 1. The zero-order chi connectivity index (χ0) is 29.0. The van der Waals surface area contributed by atoms with Gasteiger partial charge in [-0.1, -0.05) is 44.5 Å². The van der Waals surface area contributed by atoms with Gasteiger partial charge >= 0.3 is 11.9 Å². The maximum atomic E-state index is 14.4. The Balaban J connectivity index is 2.05. The first-order valence-corrected chi connectivity index (χ1v) is 13.5. The van der Waals surface area contributed by atoms with E-state index in [2.05, 4.69) is 0 Å². The zero-order valence-electron chi connectivity index (χ0n) is 23.5. The Bertz CT molecular complexity index is 1170. The molecule has 2 aliphatic carbocycles. The molecule has 1 heterocycles. The highest BCUT2D eigenvalue weighted by Gasteiger charge is 2.72. The summed E-state index contributed by atoms with van der Waals surface area (Å²) in [6.45, 7) is 9.39. The lowest BCUT2D eigenvalue weighted by molar-refractivity contribution is -0.292. The fourth-order valence-corrected chi connectivity index (χ4v) is 7.27. The lowest BCUT2D eigenvalue weighted by Gasteiger charge is -2.62. The molecule has 6 atom stereocenters. The van der Waals surface area contributed by atoms with Gasteiger partial charge in [-0.05, 0) is 50.8 Å². The predicted octanol–water partition coefficient (Wildman–Crippen LogP) is 2.75. The highest BCUT2D eigenvalue weighted by atomic mass is 16.6. The number of carbonyl (C=O) groups is 3. The Hall–Kier alpha value is -2.59. The summed E-state index contributed by atoms with van der Waals surface area (Å²) in [5.74, 6) is -3.33. The summed E-state index contributed by atoms with van der Waals surface area (Å²) in [5.41, 5.74) is -5.01. The number of rotatable bonds is 6. The largest absolute Gasteiger partial charge is 0.455 e. The van der Waals surface area contributed by atoms with Crippen molar-refractivity contribution in [1.29, 1.82) is 0 Å². The number of Topliss-reactive ketones (excluding diaryl/α,β-unsaturated/α-hetero) is 1. The minimum atomic E-state index is -1.81. The minimum absolute atomic E-state index is 0.113. The lowest BCUT2D eigenvalue weighted by atomic mass is 9.48. The van der Waals surface area contributed by atoms with Gasteiger partial charge in [0.05, 0.1) is 36.2 Å². The highest BCUT2D eigenvalue weighted by molar-refractivity contribution is 5.93. The summed E-state index contributed by atoms with van der Waals surface area (Å²) in [4.78, 5) is 40.4. The normalized spacial score (nSPS) is 34.3. The molecular weight excluding hydrogens is 504 g/mol. The third-order valence-corrected chi connectivity index (χ3v) is 9.50. The molecule has 1 saturated carbocycles. The highest BCUT2D eigenvalue weighted by Crippen LogP contribution is 2.60. The first kappa shape index (κ1) is 29.4. The smallest absolute Gasteiger partial charge is 0.338 e. The molecular formula is C30H40O9. The predicted molar refractivity (Wildman–Crippen MR) is 141 cm³/mol. The van der Waals surface area contributed by atoms with E-state index < -0.39 is 64.0 Å². The van der Waals surface area contributed by atoms with E-state index in [0.29, 0.717) is 12.0 Å². The summed E-state index contributed by atoms with van der Waals surface area (Å²) in [5, 5.41) is 35.8. The minimum Gasteiger partial charge on any atom is -0.455 e. The van der Waals surface area contributed by atoms with E-state index >= 15 is 0 Å². The van der Waals surface area contributed by atoms with E-state index in [1.165, 1.54) is 13.8 Å². The number of carbonyl (C=O) groups excluding carboxylic acids is 3. The van der Waals surface area contributed by atoms with Crippen LogP contribution in [0.1, 0.15) is 71.2 Å². The molecule has 0 aromatic heterocycles. The molecule has 3 aliphatic rings. The van der Waals surface area contributed by atoms with Crippen LogP contribution in [0.3, 0.4) is 0 Å². The van der Waals surface area contributed by atoms with Crippen LogP contribution < -0.4 is 0 Å². The van der Waals surface area contributed by atoms with Gasteiger partial charge in [0.1, 0.15) is 17.8 Å². The SMILES string of the molecule is CC[C@H](O)[C@@]1(C)C(=O)[C@H](O)C2=C(C)CC[C@@](O)([C@@H](OC(=O)c3ccccc3)C1C1(OC(C)=O)COC1)C2(C)C. The Labute approximate surface area is 229 Å². The number of hydrogen-bond donors (Lipinski definition) is 3. The summed E-state index contributed by atoms with van der Waals surface area (Å²) in [6.07, 6.45) is -3.79. The standard InChI is InChI=1S/C30H40O9/c1-7-20(32)28(6)23(29(15-37-16-29)39-18(3)31)25(38-26(35)19-11-9-8-10-12-19)30(36)14-13-17(2)21(27(30,4)5)22(33)24(28)34/h8-12,20,22-23,25,32-33,36H,7,13-16H2,1-6H3/t20-,22+,23?,25-,28+,30+/m0/s1. The van der Waals surface area contributed by atoms with Gasteiger partial charge in [-0.3, -0.25) is 9.59 Å². The van der Waals surface area contributed by atoms with E-state index in [1.54, 1.807) is 51.1 Å². The van der Waals surface area contributed by atoms with Gasteiger partial charge in [0.25, 0.3) is 0 Å². The van der Waals surface area contributed by atoms with Gasteiger partial charge in [0.2, 0.25) is 0 Å². The molecule has 1 unspecified atom stereocenters. The van der Waals surface area contributed by atoms with E-state index in [4.69, 9.17) is 14.2 Å². The van der Waals surface area contributed by atoms with Gasteiger partial charge in [0, 0.05) is 12.3 Å². The second-order valence-electron chi connectivity index (χ2n) is 12.0.